The Morgan fingerprint density at radius 1 is 1.10 bits per heavy atom. The second-order valence-electron chi connectivity index (χ2n) is 5.58. The SMILES string of the molecule is CCOc1nc(Cl)nc(N2CCN(C3CCCC3)CC2)n1. The van der Waals surface area contributed by atoms with E-state index in [2.05, 4.69) is 24.8 Å². The maximum Gasteiger partial charge on any atom is 0.322 e. The van der Waals surface area contributed by atoms with Crippen molar-refractivity contribution in [3.63, 3.8) is 0 Å². The quantitative estimate of drug-likeness (QED) is 0.847. The number of aromatic nitrogens is 3. The monoisotopic (exact) mass is 311 g/mol. The molecule has 0 radical (unpaired) electrons. The van der Waals surface area contributed by atoms with Gasteiger partial charge in [0, 0.05) is 32.2 Å². The first-order valence-electron chi connectivity index (χ1n) is 7.79. The molecule has 1 aromatic heterocycles. The molecule has 6 nitrogen and oxygen atoms in total. The summed E-state index contributed by atoms with van der Waals surface area (Å²) in [6.45, 7) is 6.42. The summed E-state index contributed by atoms with van der Waals surface area (Å²) >= 11 is 5.96. The van der Waals surface area contributed by atoms with E-state index in [0.717, 1.165) is 32.2 Å². The third kappa shape index (κ3) is 3.55. The van der Waals surface area contributed by atoms with Crippen LogP contribution in [0.25, 0.3) is 0 Å². The van der Waals surface area contributed by atoms with Gasteiger partial charge in [0.1, 0.15) is 0 Å². The van der Waals surface area contributed by atoms with Crippen molar-refractivity contribution >= 4 is 17.5 Å². The highest BCUT2D eigenvalue weighted by molar-refractivity contribution is 6.28. The van der Waals surface area contributed by atoms with Crippen LogP contribution < -0.4 is 9.64 Å². The predicted molar refractivity (Wildman–Crippen MR) is 82.0 cm³/mol. The summed E-state index contributed by atoms with van der Waals surface area (Å²) < 4.78 is 5.34. The molecule has 0 unspecified atom stereocenters. The molecule has 3 rings (SSSR count). The molecule has 7 heteroatoms. The molecule has 1 aliphatic heterocycles. The lowest BCUT2D eigenvalue weighted by Crippen LogP contribution is -2.50. The first-order valence-corrected chi connectivity index (χ1v) is 8.17. The Morgan fingerprint density at radius 3 is 2.48 bits per heavy atom. The van der Waals surface area contributed by atoms with Crippen LogP contribution in [0.1, 0.15) is 32.6 Å². The molecule has 2 fully saturated rings. The number of ether oxygens (including phenoxy) is 1. The fraction of sp³-hybridized carbons (Fsp3) is 0.786. The number of halogens is 1. The Kier molecular flexibility index (Phi) is 4.75. The van der Waals surface area contributed by atoms with Gasteiger partial charge in [0.2, 0.25) is 11.2 Å². The fourth-order valence-corrected chi connectivity index (χ4v) is 3.36. The standard InChI is InChI=1S/C14H22ClN5O/c1-2-21-14-17-12(15)16-13(18-14)20-9-7-19(8-10-20)11-5-3-4-6-11/h11H,2-10H2,1H3. The van der Waals surface area contributed by atoms with Crippen molar-refractivity contribution in [3.8, 4) is 6.01 Å². The van der Waals surface area contributed by atoms with Crippen LogP contribution in [0.3, 0.4) is 0 Å². The number of anilines is 1. The zero-order valence-corrected chi connectivity index (χ0v) is 13.2. The van der Waals surface area contributed by atoms with Crippen LogP contribution in [-0.2, 0) is 0 Å². The van der Waals surface area contributed by atoms with E-state index in [1.54, 1.807) is 0 Å². The van der Waals surface area contributed by atoms with E-state index in [4.69, 9.17) is 16.3 Å². The molecule has 0 amide bonds. The summed E-state index contributed by atoms with van der Waals surface area (Å²) in [5.41, 5.74) is 0. The topological polar surface area (TPSA) is 54.4 Å². The van der Waals surface area contributed by atoms with E-state index in [-0.39, 0.29) is 5.28 Å². The molecule has 2 heterocycles. The average molecular weight is 312 g/mol. The molecule has 116 valence electrons. The minimum absolute atomic E-state index is 0.196. The van der Waals surface area contributed by atoms with Crippen molar-refractivity contribution in [2.24, 2.45) is 0 Å². The molecule has 1 saturated heterocycles. The summed E-state index contributed by atoms with van der Waals surface area (Å²) in [4.78, 5) is 17.3. The Balaban J connectivity index is 1.63. The van der Waals surface area contributed by atoms with Gasteiger partial charge in [0.05, 0.1) is 6.61 Å². The Hall–Kier alpha value is -1.14. The number of hydrogen-bond donors (Lipinski definition) is 0. The van der Waals surface area contributed by atoms with Gasteiger partial charge in [-0.2, -0.15) is 15.0 Å². The van der Waals surface area contributed by atoms with Crippen molar-refractivity contribution < 1.29 is 4.74 Å². The molecule has 0 spiro atoms. The van der Waals surface area contributed by atoms with E-state index < -0.39 is 0 Å². The summed E-state index contributed by atoms with van der Waals surface area (Å²) in [5.74, 6) is 0.629. The molecular weight excluding hydrogens is 290 g/mol. The van der Waals surface area contributed by atoms with Gasteiger partial charge in [-0.3, -0.25) is 4.90 Å². The predicted octanol–water partition coefficient (Wildman–Crippen LogP) is 1.99. The smallest absolute Gasteiger partial charge is 0.322 e. The Morgan fingerprint density at radius 2 is 1.81 bits per heavy atom. The van der Waals surface area contributed by atoms with Crippen LogP contribution in [0.15, 0.2) is 0 Å². The van der Waals surface area contributed by atoms with Crippen LogP contribution in [0, 0.1) is 0 Å². The highest BCUT2D eigenvalue weighted by atomic mass is 35.5. The van der Waals surface area contributed by atoms with Crippen molar-refractivity contribution in [1.29, 1.82) is 0 Å². The number of rotatable bonds is 4. The lowest BCUT2D eigenvalue weighted by atomic mass is 10.2. The fourth-order valence-electron chi connectivity index (χ4n) is 3.21. The first-order chi connectivity index (χ1) is 10.3. The first kappa shape index (κ1) is 14.8. The van der Waals surface area contributed by atoms with Crippen LogP contribution in [-0.4, -0.2) is 58.7 Å². The normalized spacial score (nSPS) is 21.0. The van der Waals surface area contributed by atoms with Crippen LogP contribution in [0.2, 0.25) is 5.28 Å². The summed E-state index contributed by atoms with van der Waals surface area (Å²) in [5, 5.41) is 0.196. The largest absolute Gasteiger partial charge is 0.464 e. The molecule has 1 saturated carbocycles. The molecule has 0 aromatic carbocycles. The van der Waals surface area contributed by atoms with Gasteiger partial charge in [-0.25, -0.2) is 0 Å². The third-order valence-corrected chi connectivity index (χ3v) is 4.46. The molecule has 21 heavy (non-hydrogen) atoms. The van der Waals surface area contributed by atoms with Gasteiger partial charge in [-0.1, -0.05) is 12.8 Å². The van der Waals surface area contributed by atoms with Crippen LogP contribution in [0.4, 0.5) is 5.95 Å². The maximum atomic E-state index is 5.96. The minimum atomic E-state index is 0.196. The number of nitrogens with zero attached hydrogens (tertiary/aromatic N) is 5. The zero-order chi connectivity index (χ0) is 14.7. The minimum Gasteiger partial charge on any atom is -0.464 e. The Bertz CT molecular complexity index is 472. The second kappa shape index (κ2) is 6.75. The van der Waals surface area contributed by atoms with Crippen LogP contribution >= 0.6 is 11.6 Å². The zero-order valence-electron chi connectivity index (χ0n) is 12.5. The van der Waals surface area contributed by atoms with E-state index in [9.17, 15) is 0 Å². The highest BCUT2D eigenvalue weighted by Gasteiger charge is 2.27. The van der Waals surface area contributed by atoms with Crippen molar-refractivity contribution in [2.75, 3.05) is 37.7 Å². The molecule has 1 aromatic rings. The molecule has 0 atom stereocenters. The van der Waals surface area contributed by atoms with Gasteiger partial charge in [0.25, 0.3) is 0 Å². The van der Waals surface area contributed by atoms with Crippen molar-refractivity contribution in [2.45, 2.75) is 38.6 Å². The molecule has 2 aliphatic rings. The summed E-state index contributed by atoms with van der Waals surface area (Å²) in [7, 11) is 0. The molecule has 0 bridgehead atoms. The van der Waals surface area contributed by atoms with Gasteiger partial charge >= 0.3 is 6.01 Å². The van der Waals surface area contributed by atoms with E-state index >= 15 is 0 Å². The highest BCUT2D eigenvalue weighted by Crippen LogP contribution is 2.25. The Labute approximate surface area is 130 Å². The van der Waals surface area contributed by atoms with Crippen LogP contribution in [0.5, 0.6) is 6.01 Å². The summed E-state index contributed by atoms with van der Waals surface area (Å²) in [6.07, 6.45) is 5.47. The van der Waals surface area contributed by atoms with Gasteiger partial charge < -0.3 is 9.64 Å². The molecule has 0 N–H and O–H groups in total. The second-order valence-corrected chi connectivity index (χ2v) is 5.92. The number of piperazine rings is 1. The number of hydrogen-bond acceptors (Lipinski definition) is 6. The van der Waals surface area contributed by atoms with Gasteiger partial charge in [0.15, 0.2) is 0 Å². The van der Waals surface area contributed by atoms with E-state index in [1.165, 1.54) is 25.7 Å². The van der Waals surface area contributed by atoms with Gasteiger partial charge in [-0.05, 0) is 31.4 Å². The lowest BCUT2D eigenvalue weighted by molar-refractivity contribution is 0.186. The third-order valence-electron chi connectivity index (χ3n) is 4.29. The van der Waals surface area contributed by atoms with Crippen molar-refractivity contribution in [3.05, 3.63) is 5.28 Å². The van der Waals surface area contributed by atoms with E-state index in [0.29, 0.717) is 18.6 Å². The summed E-state index contributed by atoms with van der Waals surface area (Å²) in [6, 6.07) is 1.10. The molecular formula is C14H22ClN5O. The van der Waals surface area contributed by atoms with E-state index in [1.807, 2.05) is 6.92 Å². The molecule has 1 aliphatic carbocycles. The average Bonchev–Trinajstić information content (AvgIpc) is 3.01. The lowest BCUT2D eigenvalue weighted by Gasteiger charge is -2.38. The maximum absolute atomic E-state index is 5.96. The van der Waals surface area contributed by atoms with Crippen molar-refractivity contribution in [1.82, 2.24) is 19.9 Å². The van der Waals surface area contributed by atoms with Gasteiger partial charge in [-0.15, -0.1) is 0 Å².